The molecule has 0 unspecified atom stereocenters. The lowest BCUT2D eigenvalue weighted by atomic mass is 10.00. The lowest BCUT2D eigenvalue weighted by Gasteiger charge is -2.06. The fraction of sp³-hybridized carbons (Fsp3) is 0. The molecule has 0 aliphatic heterocycles. The maximum absolute atomic E-state index is 12.8. The molecule has 1 nitrogen and oxygen atoms in total. The van der Waals surface area contributed by atoms with Crippen molar-refractivity contribution in [2.75, 3.05) is 0 Å². The molecule has 1 radical (unpaired) electrons. The van der Waals surface area contributed by atoms with E-state index in [0.717, 1.165) is 16.7 Å². The second-order valence-corrected chi connectivity index (χ2v) is 3.26. The Morgan fingerprint density at radius 2 is 1.60 bits per heavy atom. The highest BCUT2D eigenvalue weighted by Crippen LogP contribution is 2.23. The van der Waals surface area contributed by atoms with E-state index in [1.54, 1.807) is 18.7 Å². The monoisotopic (exact) mass is 200 g/mol. The van der Waals surface area contributed by atoms with Crippen molar-refractivity contribution in [1.29, 1.82) is 0 Å². The van der Waals surface area contributed by atoms with Crippen LogP contribution in [0.15, 0.2) is 48.5 Å². The van der Waals surface area contributed by atoms with Crippen LogP contribution >= 0.6 is 0 Å². The van der Waals surface area contributed by atoms with E-state index >= 15 is 0 Å². The van der Waals surface area contributed by atoms with Crippen molar-refractivity contribution < 1.29 is 4.39 Å². The summed E-state index contributed by atoms with van der Waals surface area (Å²) in [4.78, 5) is 0. The molecular formula is C13H11FN. The maximum Gasteiger partial charge on any atom is 0.123 e. The van der Waals surface area contributed by atoms with Crippen LogP contribution in [0.5, 0.6) is 0 Å². The van der Waals surface area contributed by atoms with Crippen LogP contribution in [-0.2, 0) is 0 Å². The second kappa shape index (κ2) is 4.24. The van der Waals surface area contributed by atoms with Crippen molar-refractivity contribution in [3.63, 3.8) is 0 Å². The minimum absolute atomic E-state index is 0.229. The van der Waals surface area contributed by atoms with E-state index in [4.69, 9.17) is 5.73 Å². The Hall–Kier alpha value is -1.67. The third-order valence-corrected chi connectivity index (χ3v) is 2.30. The van der Waals surface area contributed by atoms with Gasteiger partial charge in [-0.05, 0) is 28.8 Å². The third kappa shape index (κ3) is 2.05. The van der Waals surface area contributed by atoms with Gasteiger partial charge in [-0.2, -0.15) is 0 Å². The molecule has 0 amide bonds. The Labute approximate surface area is 88.4 Å². The first-order chi connectivity index (χ1) is 7.31. The molecule has 0 atom stereocenters. The number of hydrogen-bond acceptors (Lipinski definition) is 1. The van der Waals surface area contributed by atoms with Crippen LogP contribution in [0.1, 0.15) is 5.56 Å². The summed E-state index contributed by atoms with van der Waals surface area (Å²) in [6.07, 6.45) is 0. The summed E-state index contributed by atoms with van der Waals surface area (Å²) in [5.74, 6) is -0.229. The van der Waals surface area contributed by atoms with Crippen LogP contribution in [0, 0.1) is 12.4 Å². The minimum atomic E-state index is -0.229. The minimum Gasteiger partial charge on any atom is -0.322 e. The van der Waals surface area contributed by atoms with E-state index in [9.17, 15) is 4.39 Å². The van der Waals surface area contributed by atoms with Crippen molar-refractivity contribution in [2.24, 2.45) is 5.73 Å². The summed E-state index contributed by atoms with van der Waals surface area (Å²) in [5.41, 5.74) is 8.45. The Morgan fingerprint density at radius 3 is 2.27 bits per heavy atom. The molecule has 15 heavy (non-hydrogen) atoms. The third-order valence-electron chi connectivity index (χ3n) is 2.30. The Morgan fingerprint density at radius 1 is 0.933 bits per heavy atom. The van der Waals surface area contributed by atoms with Crippen LogP contribution < -0.4 is 5.73 Å². The van der Waals surface area contributed by atoms with Crippen LogP contribution in [0.25, 0.3) is 11.1 Å². The quantitative estimate of drug-likeness (QED) is 0.792. The van der Waals surface area contributed by atoms with Crippen molar-refractivity contribution in [1.82, 2.24) is 0 Å². The van der Waals surface area contributed by atoms with Gasteiger partial charge in [0.2, 0.25) is 0 Å². The molecule has 2 N–H and O–H groups in total. The largest absolute Gasteiger partial charge is 0.322 e. The molecule has 0 spiro atoms. The van der Waals surface area contributed by atoms with Gasteiger partial charge in [0.25, 0.3) is 0 Å². The molecule has 0 aliphatic rings. The predicted molar refractivity (Wildman–Crippen MR) is 59.4 cm³/mol. The highest BCUT2D eigenvalue weighted by molar-refractivity contribution is 5.68. The summed E-state index contributed by atoms with van der Waals surface area (Å²) in [6, 6.07) is 14.1. The fourth-order valence-electron chi connectivity index (χ4n) is 1.53. The maximum atomic E-state index is 12.8. The first-order valence-corrected chi connectivity index (χ1v) is 4.71. The Balaban J connectivity index is 2.49. The van der Waals surface area contributed by atoms with E-state index < -0.39 is 0 Å². The van der Waals surface area contributed by atoms with Crippen molar-refractivity contribution >= 4 is 0 Å². The number of hydrogen-bond donors (Lipinski definition) is 1. The van der Waals surface area contributed by atoms with E-state index in [2.05, 4.69) is 0 Å². The molecule has 0 bridgehead atoms. The van der Waals surface area contributed by atoms with Gasteiger partial charge < -0.3 is 5.73 Å². The highest BCUT2D eigenvalue weighted by atomic mass is 19.1. The highest BCUT2D eigenvalue weighted by Gasteiger charge is 2.02. The van der Waals surface area contributed by atoms with Crippen molar-refractivity contribution in [3.8, 4) is 11.1 Å². The standard InChI is InChI=1S/C13H11FN/c14-12-7-5-10(6-8-12)13-4-2-1-3-11(13)9-15/h1-9H,15H2. The zero-order chi connectivity index (χ0) is 10.7. The second-order valence-electron chi connectivity index (χ2n) is 3.26. The Bertz CT molecular complexity index is 448. The molecule has 0 aliphatic carbocycles. The van der Waals surface area contributed by atoms with Gasteiger partial charge in [0, 0.05) is 6.54 Å². The van der Waals surface area contributed by atoms with Gasteiger partial charge in [-0.1, -0.05) is 36.4 Å². The molecule has 0 saturated heterocycles. The first-order valence-electron chi connectivity index (χ1n) is 4.71. The summed E-state index contributed by atoms with van der Waals surface area (Å²) in [7, 11) is 0. The normalized spacial score (nSPS) is 10.3. The molecule has 0 fully saturated rings. The predicted octanol–water partition coefficient (Wildman–Crippen LogP) is 2.96. The van der Waals surface area contributed by atoms with Gasteiger partial charge in [-0.3, -0.25) is 0 Å². The van der Waals surface area contributed by atoms with E-state index in [1.165, 1.54) is 12.1 Å². The van der Waals surface area contributed by atoms with Gasteiger partial charge in [-0.15, -0.1) is 0 Å². The zero-order valence-corrected chi connectivity index (χ0v) is 8.15. The molecule has 0 aromatic heterocycles. The number of nitrogens with two attached hydrogens (primary N) is 1. The summed E-state index contributed by atoms with van der Waals surface area (Å²) < 4.78 is 12.8. The smallest absolute Gasteiger partial charge is 0.123 e. The Kier molecular flexibility index (Phi) is 2.79. The zero-order valence-electron chi connectivity index (χ0n) is 8.15. The number of rotatable bonds is 2. The van der Waals surface area contributed by atoms with E-state index in [-0.39, 0.29) is 5.82 Å². The average molecular weight is 200 g/mol. The molecule has 0 saturated carbocycles. The molecule has 0 heterocycles. The average Bonchev–Trinajstić information content (AvgIpc) is 2.30. The van der Waals surface area contributed by atoms with Crippen molar-refractivity contribution in [3.05, 3.63) is 66.5 Å². The topological polar surface area (TPSA) is 26.0 Å². The van der Waals surface area contributed by atoms with Gasteiger partial charge in [0.15, 0.2) is 0 Å². The van der Waals surface area contributed by atoms with Crippen LogP contribution in [-0.4, -0.2) is 0 Å². The summed E-state index contributed by atoms with van der Waals surface area (Å²) >= 11 is 0. The van der Waals surface area contributed by atoms with Gasteiger partial charge in [0.1, 0.15) is 5.82 Å². The van der Waals surface area contributed by atoms with Gasteiger partial charge in [0.05, 0.1) is 0 Å². The molecule has 2 heteroatoms. The molecule has 2 aromatic rings. The first kappa shape index (κ1) is 9.87. The van der Waals surface area contributed by atoms with E-state index in [0.29, 0.717) is 0 Å². The molecule has 2 rings (SSSR count). The molecule has 2 aromatic carbocycles. The molecule has 75 valence electrons. The van der Waals surface area contributed by atoms with E-state index in [1.807, 2.05) is 24.3 Å². The molecular weight excluding hydrogens is 189 g/mol. The lowest BCUT2D eigenvalue weighted by molar-refractivity contribution is 0.628. The number of benzene rings is 2. The van der Waals surface area contributed by atoms with Crippen molar-refractivity contribution in [2.45, 2.75) is 0 Å². The van der Waals surface area contributed by atoms with Gasteiger partial charge in [-0.25, -0.2) is 4.39 Å². The van der Waals surface area contributed by atoms with Crippen LogP contribution in [0.2, 0.25) is 0 Å². The van der Waals surface area contributed by atoms with Gasteiger partial charge >= 0.3 is 0 Å². The fourth-order valence-corrected chi connectivity index (χ4v) is 1.53. The lowest BCUT2D eigenvalue weighted by Crippen LogP contribution is -1.95. The summed E-state index contributed by atoms with van der Waals surface area (Å²) in [5, 5.41) is 0. The summed E-state index contributed by atoms with van der Waals surface area (Å²) in [6.45, 7) is 1.55. The SMILES string of the molecule is N[CH]c1ccccc1-c1ccc(F)cc1. The van der Waals surface area contributed by atoms with Crippen LogP contribution in [0.4, 0.5) is 4.39 Å². The van der Waals surface area contributed by atoms with Crippen LogP contribution in [0.3, 0.4) is 0 Å². The number of halogens is 1.